The van der Waals surface area contributed by atoms with Crippen LogP contribution in [0.1, 0.15) is 5.56 Å². The third-order valence-electron chi connectivity index (χ3n) is 2.85. The van der Waals surface area contributed by atoms with Crippen LogP contribution in [0.15, 0.2) is 53.4 Å². The molecule has 0 unspecified atom stereocenters. The lowest BCUT2D eigenvalue weighted by Gasteiger charge is -2.05. The number of nitrogens with two attached hydrogens (primary N) is 1. The first-order chi connectivity index (χ1) is 9.00. The van der Waals surface area contributed by atoms with Gasteiger partial charge < -0.3 is 5.32 Å². The minimum Gasteiger partial charge on any atom is -0.316 e. The molecule has 0 heterocycles. The summed E-state index contributed by atoms with van der Waals surface area (Å²) in [6, 6.07) is 14.7. The molecule has 100 valence electrons. The Morgan fingerprint density at radius 2 is 1.42 bits per heavy atom. The highest BCUT2D eigenvalue weighted by atomic mass is 32.2. The molecular formula is C14H16N2O2S. The Kier molecular flexibility index (Phi) is 3.99. The minimum atomic E-state index is -3.62. The van der Waals surface area contributed by atoms with E-state index >= 15 is 0 Å². The maximum atomic E-state index is 11.2. The largest absolute Gasteiger partial charge is 0.316 e. The average molecular weight is 276 g/mol. The molecule has 0 spiro atoms. The van der Waals surface area contributed by atoms with Crippen LogP contribution < -0.4 is 10.5 Å². The van der Waals surface area contributed by atoms with Crippen LogP contribution in [0.5, 0.6) is 0 Å². The van der Waals surface area contributed by atoms with Crippen molar-refractivity contribution in [2.75, 3.05) is 7.05 Å². The summed E-state index contributed by atoms with van der Waals surface area (Å²) in [5.41, 5.74) is 3.21. The minimum absolute atomic E-state index is 0.128. The van der Waals surface area contributed by atoms with E-state index in [0.717, 1.165) is 17.7 Å². The first-order valence-corrected chi connectivity index (χ1v) is 7.42. The van der Waals surface area contributed by atoms with Crippen molar-refractivity contribution >= 4 is 10.0 Å². The highest BCUT2D eigenvalue weighted by Gasteiger charge is 2.07. The molecule has 2 aromatic rings. The first-order valence-electron chi connectivity index (χ1n) is 5.87. The molecule has 0 aromatic heterocycles. The van der Waals surface area contributed by atoms with Gasteiger partial charge in [0.1, 0.15) is 0 Å². The molecule has 3 N–H and O–H groups in total. The van der Waals surface area contributed by atoms with Crippen LogP contribution in [0.2, 0.25) is 0 Å². The number of hydrogen-bond donors (Lipinski definition) is 2. The van der Waals surface area contributed by atoms with Gasteiger partial charge >= 0.3 is 0 Å². The van der Waals surface area contributed by atoms with Gasteiger partial charge in [0.25, 0.3) is 0 Å². The van der Waals surface area contributed by atoms with Crippen molar-refractivity contribution < 1.29 is 8.42 Å². The molecule has 19 heavy (non-hydrogen) atoms. The topological polar surface area (TPSA) is 72.2 Å². The number of primary sulfonamides is 1. The molecule has 0 aliphatic carbocycles. The van der Waals surface area contributed by atoms with E-state index in [9.17, 15) is 8.42 Å². The number of benzene rings is 2. The van der Waals surface area contributed by atoms with Gasteiger partial charge in [-0.2, -0.15) is 0 Å². The van der Waals surface area contributed by atoms with Gasteiger partial charge in [-0.25, -0.2) is 13.6 Å². The first kappa shape index (κ1) is 13.7. The van der Waals surface area contributed by atoms with Crippen LogP contribution in [-0.2, 0) is 16.6 Å². The van der Waals surface area contributed by atoms with E-state index in [2.05, 4.69) is 5.32 Å². The molecule has 2 aromatic carbocycles. The summed E-state index contributed by atoms with van der Waals surface area (Å²) < 4.78 is 22.3. The number of nitrogens with one attached hydrogen (secondary N) is 1. The summed E-state index contributed by atoms with van der Waals surface area (Å²) in [6.45, 7) is 0.824. The molecule has 0 bridgehead atoms. The molecule has 0 aliphatic heterocycles. The Balaban J connectivity index is 2.27. The maximum absolute atomic E-state index is 11.2. The van der Waals surface area contributed by atoms with Crippen LogP contribution in [0.4, 0.5) is 0 Å². The predicted molar refractivity (Wildman–Crippen MR) is 76.0 cm³/mol. The van der Waals surface area contributed by atoms with Crippen molar-refractivity contribution in [3.63, 3.8) is 0 Å². The standard InChI is InChI=1S/C14H16N2O2S/c1-16-10-11-2-4-12(5-3-11)13-6-8-14(9-7-13)19(15,17)18/h2-9,16H,10H2,1H3,(H2,15,17,18). The fourth-order valence-electron chi connectivity index (χ4n) is 1.86. The highest BCUT2D eigenvalue weighted by Crippen LogP contribution is 2.21. The summed E-state index contributed by atoms with van der Waals surface area (Å²) in [7, 11) is -1.72. The number of hydrogen-bond acceptors (Lipinski definition) is 3. The van der Waals surface area contributed by atoms with Crippen LogP contribution in [0, 0.1) is 0 Å². The van der Waals surface area contributed by atoms with Crippen molar-refractivity contribution in [1.29, 1.82) is 0 Å². The third kappa shape index (κ3) is 3.41. The Labute approximate surface area is 113 Å². The van der Waals surface area contributed by atoms with Crippen LogP contribution in [-0.4, -0.2) is 15.5 Å². The Morgan fingerprint density at radius 3 is 1.84 bits per heavy atom. The van der Waals surface area contributed by atoms with E-state index in [1.54, 1.807) is 12.1 Å². The van der Waals surface area contributed by atoms with Gasteiger partial charge in [0.2, 0.25) is 10.0 Å². The zero-order valence-corrected chi connectivity index (χ0v) is 11.4. The fourth-order valence-corrected chi connectivity index (χ4v) is 2.37. The van der Waals surface area contributed by atoms with E-state index in [0.29, 0.717) is 0 Å². The molecule has 0 saturated heterocycles. The van der Waals surface area contributed by atoms with E-state index in [4.69, 9.17) is 5.14 Å². The molecule has 0 aliphatic rings. The average Bonchev–Trinajstić information content (AvgIpc) is 2.39. The lowest BCUT2D eigenvalue weighted by Crippen LogP contribution is -2.11. The van der Waals surface area contributed by atoms with E-state index in [1.165, 1.54) is 17.7 Å². The summed E-state index contributed by atoms with van der Waals surface area (Å²) in [4.78, 5) is 0.128. The van der Waals surface area contributed by atoms with E-state index in [-0.39, 0.29) is 4.90 Å². The molecule has 0 radical (unpaired) electrons. The van der Waals surface area contributed by atoms with Crippen molar-refractivity contribution in [3.8, 4) is 11.1 Å². The molecule has 2 rings (SSSR count). The fraction of sp³-hybridized carbons (Fsp3) is 0.143. The summed E-state index contributed by atoms with van der Waals surface area (Å²) >= 11 is 0. The quantitative estimate of drug-likeness (QED) is 0.893. The Hall–Kier alpha value is -1.69. The maximum Gasteiger partial charge on any atom is 0.238 e. The molecule has 0 fully saturated rings. The van der Waals surface area contributed by atoms with Gasteiger partial charge in [0.15, 0.2) is 0 Å². The highest BCUT2D eigenvalue weighted by molar-refractivity contribution is 7.89. The molecule has 5 heteroatoms. The van der Waals surface area contributed by atoms with Crippen LogP contribution in [0.25, 0.3) is 11.1 Å². The summed E-state index contributed by atoms with van der Waals surface area (Å²) in [5, 5.41) is 8.15. The number of sulfonamides is 1. The monoisotopic (exact) mass is 276 g/mol. The van der Waals surface area contributed by atoms with E-state index < -0.39 is 10.0 Å². The molecule has 4 nitrogen and oxygen atoms in total. The van der Waals surface area contributed by atoms with E-state index in [1.807, 2.05) is 31.3 Å². The number of rotatable bonds is 4. The van der Waals surface area contributed by atoms with Gasteiger partial charge in [-0.05, 0) is 35.9 Å². The van der Waals surface area contributed by atoms with Crippen LogP contribution in [0.3, 0.4) is 0 Å². The van der Waals surface area contributed by atoms with Crippen LogP contribution >= 0.6 is 0 Å². The SMILES string of the molecule is CNCc1ccc(-c2ccc(S(N)(=O)=O)cc2)cc1. The second-order valence-electron chi connectivity index (χ2n) is 4.30. The Bertz CT molecular complexity index is 647. The van der Waals surface area contributed by atoms with Gasteiger partial charge in [-0.3, -0.25) is 0 Å². The summed E-state index contributed by atoms with van der Waals surface area (Å²) in [6.07, 6.45) is 0. The van der Waals surface area contributed by atoms with Crippen molar-refractivity contribution in [2.24, 2.45) is 5.14 Å². The predicted octanol–water partition coefficient (Wildman–Crippen LogP) is 1.72. The molecule has 0 atom stereocenters. The lowest BCUT2D eigenvalue weighted by molar-refractivity contribution is 0.598. The van der Waals surface area contributed by atoms with Gasteiger partial charge in [-0.15, -0.1) is 0 Å². The van der Waals surface area contributed by atoms with Gasteiger partial charge in [0, 0.05) is 6.54 Å². The summed E-state index contributed by atoms with van der Waals surface area (Å²) in [5.74, 6) is 0. The second kappa shape index (κ2) is 5.52. The normalized spacial score (nSPS) is 11.5. The van der Waals surface area contributed by atoms with Crippen molar-refractivity contribution in [2.45, 2.75) is 11.4 Å². The lowest BCUT2D eigenvalue weighted by atomic mass is 10.0. The van der Waals surface area contributed by atoms with Gasteiger partial charge in [-0.1, -0.05) is 36.4 Å². The van der Waals surface area contributed by atoms with Gasteiger partial charge in [0.05, 0.1) is 4.90 Å². The second-order valence-corrected chi connectivity index (χ2v) is 5.86. The zero-order valence-electron chi connectivity index (χ0n) is 10.6. The Morgan fingerprint density at radius 1 is 0.947 bits per heavy atom. The molecule has 0 amide bonds. The zero-order chi connectivity index (χ0) is 13.9. The van der Waals surface area contributed by atoms with Crippen molar-refractivity contribution in [1.82, 2.24) is 5.32 Å². The smallest absolute Gasteiger partial charge is 0.238 e. The third-order valence-corrected chi connectivity index (χ3v) is 3.78. The molecular weight excluding hydrogens is 260 g/mol. The van der Waals surface area contributed by atoms with Crippen molar-refractivity contribution in [3.05, 3.63) is 54.1 Å². The molecule has 0 saturated carbocycles.